The number of nitrogens with zero attached hydrogens (tertiary/aromatic N) is 2. The van der Waals surface area contributed by atoms with Crippen molar-refractivity contribution in [1.29, 1.82) is 0 Å². The number of benzene rings is 1. The highest BCUT2D eigenvalue weighted by Gasteiger charge is 2.35. The van der Waals surface area contributed by atoms with Crippen LogP contribution in [-0.2, 0) is 9.59 Å². The maximum atomic E-state index is 12.2. The number of imide groups is 1. The third-order valence-electron chi connectivity index (χ3n) is 4.62. The number of carbonyl (C=O) groups is 4. The minimum atomic E-state index is -0.826. The van der Waals surface area contributed by atoms with Crippen LogP contribution >= 0.6 is 0 Å². The van der Waals surface area contributed by atoms with Crippen LogP contribution in [-0.4, -0.2) is 58.2 Å². The first-order chi connectivity index (χ1) is 11.5. The Morgan fingerprint density at radius 2 is 1.58 bits per heavy atom. The van der Waals surface area contributed by atoms with Crippen LogP contribution < -0.4 is 0 Å². The van der Waals surface area contributed by atoms with Crippen molar-refractivity contribution in [2.45, 2.75) is 19.3 Å². The molecule has 0 unspecified atom stereocenters. The van der Waals surface area contributed by atoms with Gasteiger partial charge in [-0.25, -0.2) is 0 Å². The maximum absolute atomic E-state index is 12.2. The van der Waals surface area contributed by atoms with Crippen molar-refractivity contribution in [2.24, 2.45) is 5.92 Å². The molecule has 1 N–H and O–H groups in total. The van der Waals surface area contributed by atoms with E-state index in [1.165, 1.54) is 0 Å². The predicted molar refractivity (Wildman–Crippen MR) is 83.4 cm³/mol. The average Bonchev–Trinajstić information content (AvgIpc) is 2.84. The van der Waals surface area contributed by atoms with Crippen molar-refractivity contribution >= 4 is 23.7 Å². The minimum absolute atomic E-state index is 0.0457. The first kappa shape index (κ1) is 16.2. The van der Waals surface area contributed by atoms with E-state index in [1.54, 1.807) is 29.2 Å². The van der Waals surface area contributed by atoms with Gasteiger partial charge in [-0.1, -0.05) is 12.1 Å². The summed E-state index contributed by atoms with van der Waals surface area (Å²) < 4.78 is 0. The summed E-state index contributed by atoms with van der Waals surface area (Å²) in [6.07, 6.45) is 0.936. The number of aliphatic carboxylic acids is 1. The zero-order valence-electron chi connectivity index (χ0n) is 13.1. The van der Waals surface area contributed by atoms with Crippen molar-refractivity contribution < 1.29 is 24.3 Å². The Bertz CT molecular complexity index is 672. The number of fused-ring (bicyclic) bond motifs is 1. The van der Waals surface area contributed by atoms with E-state index in [9.17, 15) is 19.2 Å². The van der Waals surface area contributed by atoms with Crippen molar-refractivity contribution in [1.82, 2.24) is 9.80 Å². The van der Waals surface area contributed by atoms with Gasteiger partial charge >= 0.3 is 5.97 Å². The highest BCUT2D eigenvalue weighted by Crippen LogP contribution is 2.23. The Morgan fingerprint density at radius 1 is 1.04 bits per heavy atom. The normalized spacial score (nSPS) is 18.0. The first-order valence-corrected chi connectivity index (χ1v) is 7.95. The highest BCUT2D eigenvalue weighted by molar-refractivity contribution is 6.21. The maximum Gasteiger partial charge on any atom is 0.306 e. The van der Waals surface area contributed by atoms with E-state index in [2.05, 4.69) is 0 Å². The van der Waals surface area contributed by atoms with Gasteiger partial charge in [0.1, 0.15) is 0 Å². The summed E-state index contributed by atoms with van der Waals surface area (Å²) >= 11 is 0. The molecular formula is C17H18N2O5. The number of hydrogen-bond donors (Lipinski definition) is 1. The lowest BCUT2D eigenvalue weighted by Gasteiger charge is -2.30. The fourth-order valence-corrected chi connectivity index (χ4v) is 3.18. The molecule has 1 aromatic rings. The Morgan fingerprint density at radius 3 is 2.08 bits per heavy atom. The third kappa shape index (κ3) is 2.89. The number of piperidine rings is 1. The van der Waals surface area contributed by atoms with E-state index >= 15 is 0 Å². The number of carboxylic acids is 1. The summed E-state index contributed by atoms with van der Waals surface area (Å²) in [4.78, 5) is 50.3. The molecule has 0 aromatic heterocycles. The molecule has 3 amide bonds. The van der Waals surface area contributed by atoms with Gasteiger partial charge in [0.15, 0.2) is 0 Å². The number of rotatable bonds is 4. The van der Waals surface area contributed by atoms with E-state index in [4.69, 9.17) is 5.11 Å². The van der Waals surface area contributed by atoms with Gasteiger partial charge < -0.3 is 10.0 Å². The van der Waals surface area contributed by atoms with Crippen molar-refractivity contribution in [3.05, 3.63) is 35.4 Å². The van der Waals surface area contributed by atoms with Gasteiger partial charge in [-0.2, -0.15) is 0 Å². The van der Waals surface area contributed by atoms with Gasteiger partial charge in [-0.15, -0.1) is 0 Å². The number of carbonyl (C=O) groups excluding carboxylic acids is 3. The van der Waals surface area contributed by atoms with Gasteiger partial charge in [0.25, 0.3) is 11.8 Å². The molecule has 0 spiro atoms. The average molecular weight is 330 g/mol. The third-order valence-corrected chi connectivity index (χ3v) is 4.62. The molecule has 7 nitrogen and oxygen atoms in total. The molecule has 0 bridgehead atoms. The van der Waals surface area contributed by atoms with E-state index in [0.29, 0.717) is 37.1 Å². The van der Waals surface area contributed by atoms with Gasteiger partial charge in [-0.3, -0.25) is 24.1 Å². The van der Waals surface area contributed by atoms with Crippen LogP contribution in [0, 0.1) is 5.92 Å². The number of amides is 3. The Labute approximate surface area is 138 Å². The van der Waals surface area contributed by atoms with Gasteiger partial charge in [0.05, 0.1) is 17.0 Å². The molecule has 0 aliphatic carbocycles. The van der Waals surface area contributed by atoms with E-state index in [-0.39, 0.29) is 30.7 Å². The van der Waals surface area contributed by atoms with Crippen molar-refractivity contribution in [2.75, 3.05) is 19.6 Å². The summed E-state index contributed by atoms with van der Waals surface area (Å²) in [5.74, 6) is -2.12. The molecule has 2 heterocycles. The van der Waals surface area contributed by atoms with Crippen LogP contribution in [0.2, 0.25) is 0 Å². The topological polar surface area (TPSA) is 95.0 Å². The highest BCUT2D eigenvalue weighted by atomic mass is 16.4. The molecule has 0 atom stereocenters. The van der Waals surface area contributed by atoms with E-state index in [0.717, 1.165) is 4.90 Å². The molecule has 0 radical (unpaired) electrons. The SMILES string of the molecule is O=C(O)C1CCN(C(=O)CCN2C(=O)c3ccccc3C2=O)CC1. The molecular weight excluding hydrogens is 312 g/mol. The fraction of sp³-hybridized carbons (Fsp3) is 0.412. The van der Waals surface area contributed by atoms with Crippen LogP contribution in [0.25, 0.3) is 0 Å². The van der Waals surface area contributed by atoms with Crippen LogP contribution in [0.5, 0.6) is 0 Å². The monoisotopic (exact) mass is 330 g/mol. The smallest absolute Gasteiger partial charge is 0.306 e. The molecule has 3 rings (SSSR count). The molecule has 0 saturated carbocycles. The minimum Gasteiger partial charge on any atom is -0.481 e. The molecule has 7 heteroatoms. The standard InChI is InChI=1S/C17H18N2O5/c20-14(18-8-5-11(6-9-18)17(23)24)7-10-19-15(21)12-3-1-2-4-13(12)16(19)22/h1-4,11H,5-10H2,(H,23,24). The van der Waals surface area contributed by atoms with Crippen molar-refractivity contribution in [3.63, 3.8) is 0 Å². The van der Waals surface area contributed by atoms with Gasteiger partial charge in [0, 0.05) is 26.1 Å². The Hall–Kier alpha value is -2.70. The predicted octanol–water partition coefficient (Wildman–Crippen LogP) is 0.996. The number of likely N-dealkylation sites (tertiary alicyclic amines) is 1. The Kier molecular flexibility index (Phi) is 4.33. The van der Waals surface area contributed by atoms with E-state index in [1.807, 2.05) is 0 Å². The lowest BCUT2D eigenvalue weighted by atomic mass is 9.97. The largest absolute Gasteiger partial charge is 0.481 e. The molecule has 1 saturated heterocycles. The second-order valence-corrected chi connectivity index (χ2v) is 6.05. The number of hydrogen-bond acceptors (Lipinski definition) is 4. The lowest BCUT2D eigenvalue weighted by molar-refractivity contribution is -0.145. The van der Waals surface area contributed by atoms with Crippen molar-refractivity contribution in [3.8, 4) is 0 Å². The molecule has 24 heavy (non-hydrogen) atoms. The Balaban J connectivity index is 1.55. The quantitative estimate of drug-likeness (QED) is 0.831. The van der Waals surface area contributed by atoms with Crippen LogP contribution in [0.3, 0.4) is 0 Å². The van der Waals surface area contributed by atoms with E-state index < -0.39 is 11.9 Å². The van der Waals surface area contributed by atoms with Gasteiger partial charge in [-0.05, 0) is 25.0 Å². The zero-order chi connectivity index (χ0) is 17.3. The van der Waals surface area contributed by atoms with Crippen LogP contribution in [0.15, 0.2) is 24.3 Å². The summed E-state index contributed by atoms with van der Waals surface area (Å²) in [6, 6.07) is 6.61. The fourth-order valence-electron chi connectivity index (χ4n) is 3.18. The summed E-state index contributed by atoms with van der Waals surface area (Å²) in [5, 5.41) is 8.97. The molecule has 1 fully saturated rings. The summed E-state index contributed by atoms with van der Waals surface area (Å²) in [5.41, 5.74) is 0.745. The number of carboxylic acid groups (broad SMARTS) is 1. The lowest BCUT2D eigenvalue weighted by Crippen LogP contribution is -2.42. The second kappa shape index (κ2) is 6.43. The van der Waals surface area contributed by atoms with Crippen LogP contribution in [0.1, 0.15) is 40.0 Å². The second-order valence-electron chi connectivity index (χ2n) is 6.05. The zero-order valence-corrected chi connectivity index (χ0v) is 13.1. The molecule has 2 aliphatic heterocycles. The summed E-state index contributed by atoms with van der Waals surface area (Å²) in [6.45, 7) is 0.847. The molecule has 2 aliphatic rings. The van der Waals surface area contributed by atoms with Gasteiger partial charge in [0.2, 0.25) is 5.91 Å². The molecule has 126 valence electrons. The molecule has 1 aromatic carbocycles. The first-order valence-electron chi connectivity index (χ1n) is 7.95. The van der Waals surface area contributed by atoms with Crippen LogP contribution in [0.4, 0.5) is 0 Å². The summed E-state index contributed by atoms with van der Waals surface area (Å²) in [7, 11) is 0.